The number of amides is 2. The molecule has 5 heteroatoms. The van der Waals surface area contributed by atoms with Crippen LogP contribution in [0.5, 0.6) is 0 Å². The molecule has 0 radical (unpaired) electrons. The van der Waals surface area contributed by atoms with Crippen molar-refractivity contribution in [1.82, 2.24) is 10.2 Å². The van der Waals surface area contributed by atoms with Gasteiger partial charge in [0, 0.05) is 25.0 Å². The number of carbonyl (C=O) groups is 2. The summed E-state index contributed by atoms with van der Waals surface area (Å²) in [6, 6.07) is -0.0633. The molecule has 1 atom stereocenters. The lowest BCUT2D eigenvalue weighted by molar-refractivity contribution is -0.138. The number of nitrogens with zero attached hydrogens (tertiary/aromatic N) is 1. The van der Waals surface area contributed by atoms with Crippen molar-refractivity contribution in [3.8, 4) is 0 Å². The molecule has 0 unspecified atom stereocenters. The average Bonchev–Trinajstić information content (AvgIpc) is 2.64. The van der Waals surface area contributed by atoms with Crippen LogP contribution in [0.1, 0.15) is 53.4 Å². The molecule has 1 aliphatic heterocycles. The molecular weight excluding hydrogens is 256 g/mol. The van der Waals surface area contributed by atoms with Crippen LogP contribution >= 0.6 is 0 Å². The zero-order chi connectivity index (χ0) is 15.3. The van der Waals surface area contributed by atoms with Gasteiger partial charge in [0.25, 0.3) is 0 Å². The van der Waals surface area contributed by atoms with E-state index in [0.717, 1.165) is 25.8 Å². The fourth-order valence-corrected chi connectivity index (χ4v) is 2.96. The molecule has 20 heavy (non-hydrogen) atoms. The Hall–Kier alpha value is -1.26. The van der Waals surface area contributed by atoms with Gasteiger partial charge in [-0.3, -0.25) is 4.79 Å². The Morgan fingerprint density at radius 3 is 2.45 bits per heavy atom. The van der Waals surface area contributed by atoms with E-state index in [2.05, 4.69) is 33.0 Å². The third-order valence-electron chi connectivity index (χ3n) is 3.96. The monoisotopic (exact) mass is 284 g/mol. The summed E-state index contributed by atoms with van der Waals surface area (Å²) >= 11 is 0. The first kappa shape index (κ1) is 16.8. The number of rotatable bonds is 6. The van der Waals surface area contributed by atoms with Crippen LogP contribution in [0.15, 0.2) is 0 Å². The van der Waals surface area contributed by atoms with E-state index < -0.39 is 5.97 Å². The van der Waals surface area contributed by atoms with Gasteiger partial charge in [-0.1, -0.05) is 13.8 Å². The molecule has 1 saturated heterocycles. The van der Waals surface area contributed by atoms with E-state index in [9.17, 15) is 9.59 Å². The molecule has 1 heterocycles. The summed E-state index contributed by atoms with van der Waals surface area (Å²) in [5.74, 6) is -0.368. The first-order valence-corrected chi connectivity index (χ1v) is 7.49. The molecule has 1 fully saturated rings. The highest BCUT2D eigenvalue weighted by Gasteiger charge is 2.35. The second-order valence-corrected chi connectivity index (χ2v) is 6.85. The van der Waals surface area contributed by atoms with Crippen molar-refractivity contribution in [3.63, 3.8) is 0 Å². The molecule has 0 aromatic carbocycles. The van der Waals surface area contributed by atoms with Crippen LogP contribution in [0.4, 0.5) is 4.79 Å². The molecule has 0 bridgehead atoms. The molecule has 0 aromatic heterocycles. The molecule has 1 rings (SSSR count). The van der Waals surface area contributed by atoms with Crippen molar-refractivity contribution < 1.29 is 14.7 Å². The minimum absolute atomic E-state index is 0.00200. The number of carbonyl (C=O) groups excluding carboxylic acids is 1. The number of nitrogens with one attached hydrogen (secondary N) is 1. The molecule has 0 aliphatic carbocycles. The Balaban J connectivity index is 2.49. The lowest BCUT2D eigenvalue weighted by Crippen LogP contribution is -2.49. The zero-order valence-corrected chi connectivity index (χ0v) is 13.1. The van der Waals surface area contributed by atoms with Crippen LogP contribution in [-0.2, 0) is 4.79 Å². The zero-order valence-electron chi connectivity index (χ0n) is 13.1. The number of hydrogen-bond acceptors (Lipinski definition) is 2. The number of hydrogen-bond donors (Lipinski definition) is 2. The maximum absolute atomic E-state index is 12.2. The molecule has 0 spiro atoms. The van der Waals surface area contributed by atoms with E-state index in [1.54, 1.807) is 0 Å². The van der Waals surface area contributed by atoms with Crippen LogP contribution in [0.2, 0.25) is 0 Å². The van der Waals surface area contributed by atoms with E-state index in [1.165, 1.54) is 0 Å². The quantitative estimate of drug-likeness (QED) is 0.788. The minimum Gasteiger partial charge on any atom is -0.481 e. The van der Waals surface area contributed by atoms with Gasteiger partial charge in [-0.25, -0.2) is 4.79 Å². The van der Waals surface area contributed by atoms with Crippen molar-refractivity contribution in [3.05, 3.63) is 0 Å². The molecule has 2 amide bonds. The van der Waals surface area contributed by atoms with Crippen LogP contribution < -0.4 is 5.32 Å². The third kappa shape index (κ3) is 5.02. The highest BCUT2D eigenvalue weighted by Crippen LogP contribution is 2.28. The molecule has 1 aliphatic rings. The van der Waals surface area contributed by atoms with E-state index in [4.69, 9.17) is 5.11 Å². The number of aliphatic carboxylic acids is 1. The summed E-state index contributed by atoms with van der Waals surface area (Å²) in [6.45, 7) is 9.51. The average molecular weight is 284 g/mol. The maximum Gasteiger partial charge on any atom is 0.317 e. The number of carboxylic acid groups (broad SMARTS) is 1. The first-order valence-electron chi connectivity index (χ1n) is 7.49. The summed E-state index contributed by atoms with van der Waals surface area (Å²) in [4.78, 5) is 24.9. The fraction of sp³-hybridized carbons (Fsp3) is 0.867. The summed E-state index contributed by atoms with van der Waals surface area (Å²) in [5, 5.41) is 11.8. The normalized spacial score (nSPS) is 19.1. The second kappa shape index (κ2) is 6.95. The largest absolute Gasteiger partial charge is 0.481 e. The predicted octanol–water partition coefficient (Wildman–Crippen LogP) is 2.71. The third-order valence-corrected chi connectivity index (χ3v) is 3.96. The molecular formula is C15H28N2O3. The van der Waals surface area contributed by atoms with E-state index in [1.807, 2.05) is 4.90 Å². The Morgan fingerprint density at radius 1 is 1.35 bits per heavy atom. The molecule has 2 N–H and O–H groups in total. The minimum atomic E-state index is -0.800. The van der Waals surface area contributed by atoms with Gasteiger partial charge >= 0.3 is 12.0 Å². The summed E-state index contributed by atoms with van der Waals surface area (Å²) in [7, 11) is 0. The van der Waals surface area contributed by atoms with Gasteiger partial charge < -0.3 is 15.3 Å². The highest BCUT2D eigenvalue weighted by atomic mass is 16.4. The molecule has 116 valence electrons. The van der Waals surface area contributed by atoms with Gasteiger partial charge in [0.05, 0.1) is 0 Å². The van der Waals surface area contributed by atoms with Gasteiger partial charge in [-0.15, -0.1) is 0 Å². The van der Waals surface area contributed by atoms with Crippen LogP contribution in [0.25, 0.3) is 0 Å². The molecule has 0 saturated carbocycles. The van der Waals surface area contributed by atoms with Crippen molar-refractivity contribution in [2.75, 3.05) is 13.1 Å². The van der Waals surface area contributed by atoms with Crippen molar-refractivity contribution in [2.24, 2.45) is 11.8 Å². The first-order chi connectivity index (χ1) is 9.22. The van der Waals surface area contributed by atoms with Crippen molar-refractivity contribution in [1.29, 1.82) is 0 Å². The van der Waals surface area contributed by atoms with Crippen LogP contribution in [0.3, 0.4) is 0 Å². The van der Waals surface area contributed by atoms with Gasteiger partial charge in [-0.05, 0) is 44.9 Å². The fourth-order valence-electron chi connectivity index (χ4n) is 2.96. The van der Waals surface area contributed by atoms with Crippen molar-refractivity contribution in [2.45, 2.75) is 58.9 Å². The number of likely N-dealkylation sites (tertiary alicyclic amines) is 1. The highest BCUT2D eigenvalue weighted by molar-refractivity contribution is 5.75. The van der Waals surface area contributed by atoms with E-state index >= 15 is 0 Å². The lowest BCUT2D eigenvalue weighted by Gasteiger charge is -2.32. The standard InChI is InChI=1S/C15H28N2O3/c1-11(2)8-12(9-13(18)19)10-16-14(20)17-7-5-6-15(17,3)4/h11-12H,5-10H2,1-4H3,(H,16,20)(H,18,19)/t12-/m0/s1. The summed E-state index contributed by atoms with van der Waals surface area (Å²) in [6.07, 6.45) is 2.98. The van der Waals surface area contributed by atoms with Gasteiger partial charge in [0.2, 0.25) is 0 Å². The summed E-state index contributed by atoms with van der Waals surface area (Å²) in [5.41, 5.74) is -0.0928. The van der Waals surface area contributed by atoms with Gasteiger partial charge in [0.1, 0.15) is 0 Å². The number of urea groups is 1. The Morgan fingerprint density at radius 2 is 2.00 bits per heavy atom. The van der Waals surface area contributed by atoms with Crippen LogP contribution in [-0.4, -0.2) is 40.6 Å². The van der Waals surface area contributed by atoms with Crippen LogP contribution in [0, 0.1) is 11.8 Å². The molecule has 0 aromatic rings. The second-order valence-electron chi connectivity index (χ2n) is 6.85. The topological polar surface area (TPSA) is 69.6 Å². The Kier molecular flexibility index (Phi) is 5.84. The number of carboxylic acids is 1. The SMILES string of the molecule is CC(C)C[C@H](CNC(=O)N1CCCC1(C)C)CC(=O)O. The Labute approximate surface area is 121 Å². The van der Waals surface area contributed by atoms with Crippen molar-refractivity contribution >= 4 is 12.0 Å². The predicted molar refractivity (Wildman–Crippen MR) is 78.6 cm³/mol. The van der Waals surface area contributed by atoms with Gasteiger partial charge in [-0.2, -0.15) is 0 Å². The summed E-state index contributed by atoms with van der Waals surface area (Å²) < 4.78 is 0. The maximum atomic E-state index is 12.2. The molecule has 5 nitrogen and oxygen atoms in total. The smallest absolute Gasteiger partial charge is 0.317 e. The lowest BCUT2D eigenvalue weighted by atomic mass is 9.94. The Bertz CT molecular complexity index is 353. The van der Waals surface area contributed by atoms with E-state index in [-0.39, 0.29) is 23.9 Å². The van der Waals surface area contributed by atoms with E-state index in [0.29, 0.717) is 12.5 Å². The van der Waals surface area contributed by atoms with Gasteiger partial charge in [0.15, 0.2) is 0 Å².